The number of carbonyl (C=O) groups is 2. The fraction of sp³-hybridized carbons (Fsp3) is 0.467. The first-order valence-corrected chi connectivity index (χ1v) is 7.26. The smallest absolute Gasteiger partial charge is 0.343 e. The first-order valence-electron chi connectivity index (χ1n) is 7.26. The lowest BCUT2D eigenvalue weighted by Gasteiger charge is -2.11. The van der Waals surface area contributed by atoms with Gasteiger partial charge in [-0.15, -0.1) is 0 Å². The Morgan fingerprint density at radius 1 is 1.17 bits per heavy atom. The van der Waals surface area contributed by atoms with Crippen molar-refractivity contribution in [2.24, 2.45) is 11.7 Å². The standard InChI is InChI=1S/C15H18F3N3O2/c16-15(17,18)8-20-13(22)9-2-5-12(6-3-9)21-14(23)10-1-4-11(19)7-10/h2-3,5-6,10-11H,1,4,7-8,19H2,(H,20,22)(H,21,23). The highest BCUT2D eigenvalue weighted by Gasteiger charge is 2.28. The lowest BCUT2D eigenvalue weighted by molar-refractivity contribution is -0.123. The van der Waals surface area contributed by atoms with Crippen molar-refractivity contribution < 1.29 is 22.8 Å². The maximum Gasteiger partial charge on any atom is 0.405 e. The predicted molar refractivity (Wildman–Crippen MR) is 78.8 cm³/mol. The van der Waals surface area contributed by atoms with E-state index in [4.69, 9.17) is 5.73 Å². The molecule has 23 heavy (non-hydrogen) atoms. The fourth-order valence-corrected chi connectivity index (χ4v) is 2.49. The first kappa shape index (κ1) is 17.3. The molecule has 126 valence electrons. The van der Waals surface area contributed by atoms with Gasteiger partial charge in [0.1, 0.15) is 6.54 Å². The molecule has 1 fully saturated rings. The Labute approximate surface area is 131 Å². The summed E-state index contributed by atoms with van der Waals surface area (Å²) in [5.41, 5.74) is 6.35. The molecule has 1 aromatic carbocycles. The number of nitrogens with two attached hydrogens (primary N) is 1. The Morgan fingerprint density at radius 2 is 1.83 bits per heavy atom. The van der Waals surface area contributed by atoms with Crippen LogP contribution >= 0.6 is 0 Å². The monoisotopic (exact) mass is 329 g/mol. The number of anilines is 1. The maximum absolute atomic E-state index is 12.0. The molecule has 1 aliphatic rings. The molecular weight excluding hydrogens is 311 g/mol. The molecule has 0 saturated heterocycles. The number of amides is 2. The van der Waals surface area contributed by atoms with Crippen molar-refractivity contribution in [2.75, 3.05) is 11.9 Å². The van der Waals surface area contributed by atoms with E-state index in [1.54, 1.807) is 5.32 Å². The van der Waals surface area contributed by atoms with Crippen LogP contribution in [0, 0.1) is 5.92 Å². The van der Waals surface area contributed by atoms with E-state index >= 15 is 0 Å². The van der Waals surface area contributed by atoms with Crippen LogP contribution in [0.5, 0.6) is 0 Å². The number of nitrogens with one attached hydrogen (secondary N) is 2. The lowest BCUT2D eigenvalue weighted by atomic mass is 10.1. The number of hydrogen-bond acceptors (Lipinski definition) is 3. The predicted octanol–water partition coefficient (Wildman–Crippen LogP) is 2.04. The van der Waals surface area contributed by atoms with E-state index in [0.717, 1.165) is 12.8 Å². The minimum Gasteiger partial charge on any atom is -0.343 e. The van der Waals surface area contributed by atoms with Gasteiger partial charge in [0.2, 0.25) is 5.91 Å². The molecule has 2 atom stereocenters. The van der Waals surface area contributed by atoms with Gasteiger partial charge in [-0.25, -0.2) is 0 Å². The summed E-state index contributed by atoms with van der Waals surface area (Å²) in [4.78, 5) is 23.6. The van der Waals surface area contributed by atoms with E-state index in [9.17, 15) is 22.8 Å². The van der Waals surface area contributed by atoms with Crippen molar-refractivity contribution in [2.45, 2.75) is 31.5 Å². The first-order chi connectivity index (χ1) is 10.7. The normalized spacial score (nSPS) is 21.0. The van der Waals surface area contributed by atoms with E-state index in [2.05, 4.69) is 5.32 Å². The molecule has 2 unspecified atom stereocenters. The number of alkyl halides is 3. The van der Waals surface area contributed by atoms with E-state index in [0.29, 0.717) is 12.1 Å². The molecule has 2 amide bonds. The minimum absolute atomic E-state index is 0.0467. The zero-order valence-corrected chi connectivity index (χ0v) is 12.3. The average molecular weight is 329 g/mol. The van der Waals surface area contributed by atoms with Crippen LogP contribution in [0.3, 0.4) is 0 Å². The van der Waals surface area contributed by atoms with Gasteiger partial charge in [0.05, 0.1) is 0 Å². The number of benzene rings is 1. The summed E-state index contributed by atoms with van der Waals surface area (Å²) in [6.07, 6.45) is -2.25. The third-order valence-corrected chi connectivity index (χ3v) is 3.71. The van der Waals surface area contributed by atoms with Crippen molar-refractivity contribution in [3.05, 3.63) is 29.8 Å². The van der Waals surface area contributed by atoms with Gasteiger partial charge in [0.25, 0.3) is 5.91 Å². The summed E-state index contributed by atoms with van der Waals surface area (Å²) in [7, 11) is 0. The van der Waals surface area contributed by atoms with Crippen molar-refractivity contribution in [3.8, 4) is 0 Å². The van der Waals surface area contributed by atoms with Gasteiger partial charge in [0, 0.05) is 23.2 Å². The van der Waals surface area contributed by atoms with Gasteiger partial charge in [0.15, 0.2) is 0 Å². The van der Waals surface area contributed by atoms with Crippen LogP contribution < -0.4 is 16.4 Å². The number of carbonyl (C=O) groups excluding carboxylic acids is 2. The average Bonchev–Trinajstić information content (AvgIpc) is 2.91. The Balaban J connectivity index is 1.89. The molecule has 0 bridgehead atoms. The van der Waals surface area contributed by atoms with Crippen LogP contribution in [0.15, 0.2) is 24.3 Å². The number of rotatable bonds is 4. The molecule has 0 radical (unpaired) electrons. The molecule has 5 nitrogen and oxygen atoms in total. The van der Waals surface area contributed by atoms with Crippen molar-refractivity contribution in [1.29, 1.82) is 0 Å². The summed E-state index contributed by atoms with van der Waals surface area (Å²) in [6, 6.07) is 5.74. The molecule has 1 aliphatic carbocycles. The zero-order chi connectivity index (χ0) is 17.0. The molecule has 0 heterocycles. The SMILES string of the molecule is NC1CCC(C(=O)Nc2ccc(C(=O)NCC(F)(F)F)cc2)C1. The van der Waals surface area contributed by atoms with Gasteiger partial charge < -0.3 is 16.4 Å². The molecule has 0 aromatic heterocycles. The highest BCUT2D eigenvalue weighted by atomic mass is 19.4. The van der Waals surface area contributed by atoms with Gasteiger partial charge in [-0.2, -0.15) is 13.2 Å². The largest absolute Gasteiger partial charge is 0.405 e. The maximum atomic E-state index is 12.0. The quantitative estimate of drug-likeness (QED) is 0.790. The van der Waals surface area contributed by atoms with Gasteiger partial charge in [-0.1, -0.05) is 0 Å². The Kier molecular flexibility index (Phi) is 5.25. The van der Waals surface area contributed by atoms with Crippen LogP contribution in [0.25, 0.3) is 0 Å². The second-order valence-electron chi connectivity index (χ2n) is 5.63. The van der Waals surface area contributed by atoms with Crippen molar-refractivity contribution >= 4 is 17.5 Å². The van der Waals surface area contributed by atoms with E-state index in [1.165, 1.54) is 24.3 Å². The fourth-order valence-electron chi connectivity index (χ4n) is 2.49. The third kappa shape index (κ3) is 5.24. The third-order valence-electron chi connectivity index (χ3n) is 3.71. The van der Waals surface area contributed by atoms with Crippen LogP contribution in [0.1, 0.15) is 29.6 Å². The van der Waals surface area contributed by atoms with Gasteiger partial charge in [-0.3, -0.25) is 9.59 Å². The topological polar surface area (TPSA) is 84.2 Å². The molecule has 8 heteroatoms. The highest BCUT2D eigenvalue weighted by Crippen LogP contribution is 2.25. The van der Waals surface area contributed by atoms with E-state index < -0.39 is 18.6 Å². The second kappa shape index (κ2) is 6.99. The van der Waals surface area contributed by atoms with Crippen molar-refractivity contribution in [3.63, 3.8) is 0 Å². The molecule has 4 N–H and O–H groups in total. The summed E-state index contributed by atoms with van der Waals surface area (Å²) < 4.78 is 36.1. The van der Waals surface area contributed by atoms with Crippen LogP contribution in [0.2, 0.25) is 0 Å². The number of halogens is 3. The summed E-state index contributed by atoms with van der Waals surface area (Å²) in [5.74, 6) is -1.08. The molecular formula is C15H18F3N3O2. The Morgan fingerprint density at radius 3 is 2.35 bits per heavy atom. The minimum atomic E-state index is -4.45. The summed E-state index contributed by atoms with van der Waals surface area (Å²) in [5, 5.41) is 4.50. The molecule has 1 saturated carbocycles. The number of hydrogen-bond donors (Lipinski definition) is 3. The molecule has 1 aromatic rings. The van der Waals surface area contributed by atoms with Gasteiger partial charge >= 0.3 is 6.18 Å². The van der Waals surface area contributed by atoms with Crippen LogP contribution in [-0.2, 0) is 4.79 Å². The molecule has 2 rings (SSSR count). The van der Waals surface area contributed by atoms with Crippen LogP contribution in [-0.4, -0.2) is 30.6 Å². The van der Waals surface area contributed by atoms with Crippen LogP contribution in [0.4, 0.5) is 18.9 Å². The van der Waals surface area contributed by atoms with E-state index in [-0.39, 0.29) is 23.4 Å². The summed E-state index contributed by atoms with van der Waals surface area (Å²) >= 11 is 0. The van der Waals surface area contributed by atoms with Gasteiger partial charge in [-0.05, 0) is 43.5 Å². The highest BCUT2D eigenvalue weighted by molar-refractivity contribution is 5.96. The Hall–Kier alpha value is -2.09. The molecule has 0 spiro atoms. The molecule has 0 aliphatic heterocycles. The lowest BCUT2D eigenvalue weighted by Crippen LogP contribution is -2.33. The zero-order valence-electron chi connectivity index (χ0n) is 12.3. The second-order valence-corrected chi connectivity index (χ2v) is 5.63. The summed E-state index contributed by atoms with van der Waals surface area (Å²) in [6.45, 7) is -1.38. The van der Waals surface area contributed by atoms with E-state index in [1.807, 2.05) is 0 Å². The van der Waals surface area contributed by atoms with Crippen molar-refractivity contribution in [1.82, 2.24) is 5.32 Å². The Bertz CT molecular complexity index is 572.